The molecule has 0 amide bonds. The van der Waals surface area contributed by atoms with E-state index >= 15 is 0 Å². The van der Waals surface area contributed by atoms with Crippen molar-refractivity contribution in [3.63, 3.8) is 0 Å². The second kappa shape index (κ2) is 11.3. The highest BCUT2D eigenvalue weighted by molar-refractivity contribution is 7.09. The molecule has 0 radical (unpaired) electrons. The highest BCUT2D eigenvalue weighted by Gasteiger charge is 2.43. The molecule has 5 heterocycles. The molecule has 5 aromatic rings. The summed E-state index contributed by atoms with van der Waals surface area (Å²) in [5.41, 5.74) is 4.57. The predicted molar refractivity (Wildman–Crippen MR) is 171 cm³/mol. The lowest BCUT2D eigenvalue weighted by molar-refractivity contribution is -0.0712. The van der Waals surface area contributed by atoms with Crippen LogP contribution in [0.3, 0.4) is 0 Å². The number of rotatable bonds is 7. The number of benzene rings is 3. The lowest BCUT2D eigenvalue weighted by Crippen LogP contribution is -2.35. The molecule has 45 heavy (non-hydrogen) atoms. The maximum atomic E-state index is 14.9. The third-order valence-electron chi connectivity index (χ3n) is 9.21. The molecule has 8 nitrogen and oxygen atoms in total. The van der Waals surface area contributed by atoms with Gasteiger partial charge in [-0.15, -0.1) is 0 Å². The molecular weight excluding hydrogens is 613 g/mol. The average molecular weight is 646 g/mol. The third-order valence-corrected chi connectivity index (χ3v) is 10.3. The Morgan fingerprint density at radius 2 is 1.89 bits per heavy atom. The Labute approximate surface area is 269 Å². The minimum absolute atomic E-state index is 0.229. The molecule has 3 aliphatic heterocycles. The van der Waals surface area contributed by atoms with Crippen LogP contribution in [0.4, 0.5) is 4.39 Å². The van der Waals surface area contributed by atoms with Gasteiger partial charge in [0.1, 0.15) is 22.5 Å². The number of aromatic nitrogens is 4. The summed E-state index contributed by atoms with van der Waals surface area (Å²) in [5, 5.41) is 1.25. The van der Waals surface area contributed by atoms with Crippen molar-refractivity contribution >= 4 is 34.2 Å². The number of fused-ring (bicyclic) bond motifs is 2. The van der Waals surface area contributed by atoms with E-state index in [4.69, 9.17) is 30.8 Å². The lowest BCUT2D eigenvalue weighted by Gasteiger charge is -2.33. The van der Waals surface area contributed by atoms with Crippen LogP contribution in [0.5, 0.6) is 11.5 Å². The van der Waals surface area contributed by atoms with Crippen molar-refractivity contribution in [2.45, 2.75) is 64.0 Å². The number of para-hydroxylation sites is 1. The number of imidazole rings is 1. The zero-order valence-corrected chi connectivity index (χ0v) is 26.7. The monoisotopic (exact) mass is 645 g/mol. The molecule has 232 valence electrons. The molecule has 2 atom stereocenters. The predicted octanol–water partition coefficient (Wildman–Crippen LogP) is 7.47. The van der Waals surface area contributed by atoms with Crippen LogP contribution in [-0.2, 0) is 23.6 Å². The van der Waals surface area contributed by atoms with Crippen LogP contribution in [0.1, 0.15) is 54.9 Å². The third kappa shape index (κ3) is 5.37. The van der Waals surface area contributed by atoms with E-state index in [9.17, 15) is 4.39 Å². The maximum Gasteiger partial charge on any atom is 0.278 e. The van der Waals surface area contributed by atoms with Crippen LogP contribution in [0.15, 0.2) is 54.6 Å². The summed E-state index contributed by atoms with van der Waals surface area (Å²) in [6, 6.07) is 17.0. The van der Waals surface area contributed by atoms with E-state index < -0.39 is 11.6 Å². The molecule has 0 bridgehead atoms. The standard InChI is InChI=1S/C34H33ClFN5O3S/c1-20-37-33(45-39-20)22-6-9-29-28(16-22)38-31(41(29)18-24-12-15-42-24)19-40-13-10-21(11-14-40)25-4-3-5-30-32(25)44-34(2,43-30)26-8-7-23(35)17-27(26)36/h3-9,16-17,21,24H,10-15,18-19H2,1-2H3. The Bertz CT molecular complexity index is 1900. The number of ether oxygens (including phenoxy) is 3. The number of hydrogen-bond donors (Lipinski definition) is 0. The first-order valence-corrected chi connectivity index (χ1v) is 16.6. The molecule has 2 fully saturated rings. The van der Waals surface area contributed by atoms with Gasteiger partial charge in [0.2, 0.25) is 0 Å². The second-order valence-electron chi connectivity index (χ2n) is 12.3. The van der Waals surface area contributed by atoms with Gasteiger partial charge in [-0.05, 0) is 99.2 Å². The Morgan fingerprint density at radius 3 is 2.62 bits per heavy atom. The van der Waals surface area contributed by atoms with Gasteiger partial charge in [0.25, 0.3) is 5.79 Å². The van der Waals surface area contributed by atoms with Crippen LogP contribution < -0.4 is 9.47 Å². The van der Waals surface area contributed by atoms with Crippen molar-refractivity contribution in [2.75, 3.05) is 19.7 Å². The summed E-state index contributed by atoms with van der Waals surface area (Å²) in [5.74, 6) is 1.79. The summed E-state index contributed by atoms with van der Waals surface area (Å²) in [6.07, 6.45) is 3.24. The van der Waals surface area contributed by atoms with E-state index in [2.05, 4.69) is 43.1 Å². The van der Waals surface area contributed by atoms with E-state index in [1.54, 1.807) is 19.1 Å². The second-order valence-corrected chi connectivity index (χ2v) is 13.5. The molecule has 3 aromatic carbocycles. The van der Waals surface area contributed by atoms with Crippen molar-refractivity contribution in [1.29, 1.82) is 0 Å². The van der Waals surface area contributed by atoms with E-state index in [0.29, 0.717) is 28.0 Å². The number of nitrogens with zero attached hydrogens (tertiary/aromatic N) is 5. The summed E-state index contributed by atoms with van der Waals surface area (Å²) < 4.78 is 40.0. The van der Waals surface area contributed by atoms with Gasteiger partial charge in [0.15, 0.2) is 11.5 Å². The fraction of sp³-hybridized carbons (Fsp3) is 0.382. The first kappa shape index (κ1) is 28.9. The first-order valence-electron chi connectivity index (χ1n) is 15.4. The van der Waals surface area contributed by atoms with Crippen LogP contribution in [0.25, 0.3) is 21.6 Å². The summed E-state index contributed by atoms with van der Waals surface area (Å²) in [6.45, 7) is 7.92. The van der Waals surface area contributed by atoms with Crippen LogP contribution in [-0.4, -0.2) is 49.6 Å². The largest absolute Gasteiger partial charge is 0.444 e. The van der Waals surface area contributed by atoms with Gasteiger partial charge in [-0.3, -0.25) is 4.90 Å². The Balaban J connectivity index is 1.000. The minimum Gasteiger partial charge on any atom is -0.444 e. The van der Waals surface area contributed by atoms with Crippen molar-refractivity contribution in [2.24, 2.45) is 0 Å². The maximum absolute atomic E-state index is 14.9. The Hall–Kier alpha value is -3.57. The number of likely N-dealkylation sites (tertiary alicyclic amines) is 1. The highest BCUT2D eigenvalue weighted by atomic mass is 35.5. The van der Waals surface area contributed by atoms with E-state index in [-0.39, 0.29) is 6.10 Å². The van der Waals surface area contributed by atoms with E-state index in [0.717, 1.165) is 90.9 Å². The van der Waals surface area contributed by atoms with E-state index in [1.807, 2.05) is 19.1 Å². The highest BCUT2D eigenvalue weighted by Crippen LogP contribution is 2.50. The molecule has 0 spiro atoms. The molecule has 2 aromatic heterocycles. The van der Waals surface area contributed by atoms with Crippen LogP contribution in [0, 0.1) is 12.7 Å². The number of hydrogen-bond acceptors (Lipinski definition) is 8. The van der Waals surface area contributed by atoms with Gasteiger partial charge < -0.3 is 18.8 Å². The summed E-state index contributed by atoms with van der Waals surface area (Å²) in [4.78, 5) is 12.2. The molecule has 2 saturated heterocycles. The van der Waals surface area contributed by atoms with Gasteiger partial charge in [-0.25, -0.2) is 14.4 Å². The molecule has 11 heteroatoms. The fourth-order valence-corrected chi connectivity index (χ4v) is 7.55. The number of halogens is 2. The fourth-order valence-electron chi connectivity index (χ4n) is 6.72. The molecule has 0 saturated carbocycles. The molecular formula is C34H33ClFN5O3S. The van der Waals surface area contributed by atoms with Gasteiger partial charge in [-0.1, -0.05) is 23.7 Å². The van der Waals surface area contributed by atoms with Crippen molar-refractivity contribution in [1.82, 2.24) is 23.8 Å². The Morgan fingerprint density at radius 1 is 1.04 bits per heavy atom. The zero-order chi connectivity index (χ0) is 30.7. The average Bonchev–Trinajstić information content (AvgIpc) is 3.69. The molecule has 0 aliphatic carbocycles. The van der Waals surface area contributed by atoms with Crippen LogP contribution >= 0.6 is 23.1 Å². The number of aryl methyl sites for hydroxylation is 1. The first-order chi connectivity index (χ1) is 21.8. The lowest BCUT2D eigenvalue weighted by atomic mass is 9.88. The van der Waals surface area contributed by atoms with E-state index in [1.165, 1.54) is 17.6 Å². The summed E-state index contributed by atoms with van der Waals surface area (Å²) in [7, 11) is 0. The van der Waals surface area contributed by atoms with Crippen molar-refractivity contribution in [3.8, 4) is 22.1 Å². The molecule has 2 unspecified atom stereocenters. The molecule has 8 rings (SSSR count). The quantitative estimate of drug-likeness (QED) is 0.182. The van der Waals surface area contributed by atoms with Gasteiger partial charge in [0, 0.05) is 29.7 Å². The van der Waals surface area contributed by atoms with Crippen LogP contribution in [0.2, 0.25) is 5.02 Å². The topological polar surface area (TPSA) is 74.5 Å². The zero-order valence-electron chi connectivity index (χ0n) is 25.1. The SMILES string of the molecule is Cc1nsc(-c2ccc3c(c2)nc(CN2CCC(c4cccc5c4OC(C)(c4ccc(Cl)cc4F)O5)CC2)n3CC2CCO2)n1. The number of piperidine rings is 1. The Kier molecular flexibility index (Phi) is 7.28. The smallest absolute Gasteiger partial charge is 0.278 e. The van der Waals surface area contributed by atoms with Crippen molar-refractivity contribution in [3.05, 3.63) is 88.2 Å². The molecule has 0 N–H and O–H groups in total. The normalized spacial score (nSPS) is 21.8. The van der Waals surface area contributed by atoms with Gasteiger partial charge in [-0.2, -0.15) is 4.37 Å². The summed E-state index contributed by atoms with van der Waals surface area (Å²) >= 11 is 7.42. The van der Waals surface area contributed by atoms with Gasteiger partial charge >= 0.3 is 0 Å². The molecule has 3 aliphatic rings. The minimum atomic E-state index is -1.26. The van der Waals surface area contributed by atoms with Gasteiger partial charge in [0.05, 0.1) is 35.8 Å². The van der Waals surface area contributed by atoms with Crippen molar-refractivity contribution < 1.29 is 18.6 Å².